The van der Waals surface area contributed by atoms with Gasteiger partial charge in [-0.1, -0.05) is 68.0 Å². The molecule has 1 aliphatic rings. The number of ether oxygens (including phenoxy) is 1. The number of allylic oxidation sites excluding steroid dienone is 2. The third-order valence-electron chi connectivity index (χ3n) is 4.46. The largest absolute Gasteiger partial charge is 0.372 e. The molecule has 2 rings (SSSR count). The third-order valence-corrected chi connectivity index (χ3v) is 4.46. The summed E-state index contributed by atoms with van der Waals surface area (Å²) in [5, 5.41) is 0. The number of rotatable bonds is 5. The summed E-state index contributed by atoms with van der Waals surface area (Å²) in [7, 11) is 0. The van der Waals surface area contributed by atoms with Crippen LogP contribution < -0.4 is 0 Å². The first-order chi connectivity index (χ1) is 10.4. The van der Waals surface area contributed by atoms with E-state index in [-0.39, 0.29) is 11.5 Å². The smallest absolute Gasteiger partial charge is 0.0890 e. The predicted molar refractivity (Wildman–Crippen MR) is 94.8 cm³/mol. The topological polar surface area (TPSA) is 9.23 Å². The van der Waals surface area contributed by atoms with Crippen molar-refractivity contribution in [2.24, 2.45) is 11.3 Å². The van der Waals surface area contributed by atoms with Gasteiger partial charge in [0.15, 0.2) is 0 Å². The maximum atomic E-state index is 6.26. The predicted octanol–water partition coefficient (Wildman–Crippen LogP) is 6.09. The second kappa shape index (κ2) is 7.28. The van der Waals surface area contributed by atoms with Gasteiger partial charge in [-0.25, -0.2) is 0 Å². The number of hydrogen-bond acceptors (Lipinski definition) is 1. The molecule has 1 aromatic rings. The van der Waals surface area contributed by atoms with Crippen LogP contribution in [0.3, 0.4) is 0 Å². The molecule has 0 aromatic heterocycles. The molecule has 2 unspecified atom stereocenters. The molecule has 1 aromatic carbocycles. The van der Waals surface area contributed by atoms with Gasteiger partial charge in [0.2, 0.25) is 0 Å². The van der Waals surface area contributed by atoms with Crippen LogP contribution in [0.4, 0.5) is 0 Å². The van der Waals surface area contributed by atoms with Crippen LogP contribution in [-0.4, -0.2) is 6.61 Å². The lowest BCUT2D eigenvalue weighted by Gasteiger charge is -2.42. The average molecular weight is 298 g/mol. The summed E-state index contributed by atoms with van der Waals surface area (Å²) in [4.78, 5) is 0. The van der Waals surface area contributed by atoms with Crippen molar-refractivity contribution in [3.05, 3.63) is 59.7 Å². The van der Waals surface area contributed by atoms with E-state index < -0.39 is 0 Å². The molecule has 0 saturated carbocycles. The lowest BCUT2D eigenvalue weighted by Crippen LogP contribution is -2.35. The second-order valence-corrected chi connectivity index (χ2v) is 7.60. The molecule has 120 valence electrons. The van der Waals surface area contributed by atoms with Crippen LogP contribution >= 0.6 is 0 Å². The van der Waals surface area contributed by atoms with Crippen molar-refractivity contribution in [2.45, 2.75) is 53.1 Å². The van der Waals surface area contributed by atoms with Crippen LogP contribution in [-0.2, 0) is 4.74 Å². The molecule has 0 N–H and O–H groups in total. The molecule has 2 atom stereocenters. The van der Waals surface area contributed by atoms with Crippen molar-refractivity contribution in [1.82, 2.24) is 0 Å². The maximum absolute atomic E-state index is 6.26. The number of hydrogen-bond donors (Lipinski definition) is 0. The van der Waals surface area contributed by atoms with Gasteiger partial charge in [-0.15, -0.1) is 0 Å². The Morgan fingerprint density at radius 3 is 2.59 bits per heavy atom. The van der Waals surface area contributed by atoms with E-state index in [2.05, 4.69) is 70.7 Å². The Bertz CT molecular complexity index is 520. The van der Waals surface area contributed by atoms with Gasteiger partial charge in [-0.3, -0.25) is 0 Å². The summed E-state index contributed by atoms with van der Waals surface area (Å²) in [6.45, 7) is 14.1. The standard InChI is InChI=1S/C21H30O/c1-16(2)10-9-11-17(3)19-14-21(4,5)15-22-20(19)18-12-7-6-8-13-18/h6-8,10,12-13,19-20H,3,9,11,14-15H2,1-2,4-5H3. The Morgan fingerprint density at radius 1 is 1.27 bits per heavy atom. The molecule has 0 bridgehead atoms. The molecular formula is C21H30O. The lowest BCUT2D eigenvalue weighted by molar-refractivity contribution is -0.0788. The minimum absolute atomic E-state index is 0.161. The Balaban J connectivity index is 2.14. The first-order valence-corrected chi connectivity index (χ1v) is 8.37. The summed E-state index contributed by atoms with van der Waals surface area (Å²) < 4.78 is 6.26. The Hall–Kier alpha value is -1.34. The second-order valence-electron chi connectivity index (χ2n) is 7.60. The third kappa shape index (κ3) is 4.58. The molecule has 22 heavy (non-hydrogen) atoms. The molecule has 1 heterocycles. The summed E-state index contributed by atoms with van der Waals surface area (Å²) in [6.07, 6.45) is 5.75. The van der Waals surface area contributed by atoms with Gasteiger partial charge in [0.05, 0.1) is 12.7 Å². The fraction of sp³-hybridized carbons (Fsp3) is 0.524. The molecule has 1 aliphatic heterocycles. The Labute approximate surface area is 136 Å². The van der Waals surface area contributed by atoms with Gasteiger partial charge in [0.1, 0.15) is 0 Å². The van der Waals surface area contributed by atoms with Crippen LogP contribution in [0.15, 0.2) is 54.1 Å². The summed E-state index contributed by atoms with van der Waals surface area (Å²) in [5.74, 6) is 0.414. The van der Waals surface area contributed by atoms with Gasteiger partial charge >= 0.3 is 0 Å². The summed E-state index contributed by atoms with van der Waals surface area (Å²) in [6, 6.07) is 10.6. The summed E-state index contributed by atoms with van der Waals surface area (Å²) in [5.41, 5.74) is 4.23. The van der Waals surface area contributed by atoms with E-state index in [4.69, 9.17) is 4.74 Å². The Morgan fingerprint density at radius 2 is 1.95 bits per heavy atom. The van der Waals surface area contributed by atoms with Crippen LogP contribution in [0, 0.1) is 11.3 Å². The molecule has 0 radical (unpaired) electrons. The van der Waals surface area contributed by atoms with E-state index in [9.17, 15) is 0 Å². The molecule has 0 amide bonds. The first kappa shape index (κ1) is 17.0. The highest BCUT2D eigenvalue weighted by molar-refractivity contribution is 5.23. The minimum atomic E-state index is 0.161. The number of benzene rings is 1. The highest BCUT2D eigenvalue weighted by Gasteiger charge is 2.37. The fourth-order valence-electron chi connectivity index (χ4n) is 3.25. The quantitative estimate of drug-likeness (QED) is 0.597. The molecule has 1 fully saturated rings. The van der Waals surface area contributed by atoms with Gasteiger partial charge in [-0.05, 0) is 44.1 Å². The van der Waals surface area contributed by atoms with E-state index in [1.54, 1.807) is 0 Å². The van der Waals surface area contributed by atoms with Crippen LogP contribution in [0.25, 0.3) is 0 Å². The minimum Gasteiger partial charge on any atom is -0.372 e. The monoisotopic (exact) mass is 298 g/mol. The van der Waals surface area contributed by atoms with Crippen LogP contribution in [0.5, 0.6) is 0 Å². The normalized spacial score (nSPS) is 23.8. The van der Waals surface area contributed by atoms with Crippen molar-refractivity contribution < 1.29 is 4.74 Å². The van der Waals surface area contributed by atoms with Crippen molar-refractivity contribution >= 4 is 0 Å². The van der Waals surface area contributed by atoms with Gasteiger partial charge in [-0.2, -0.15) is 0 Å². The van der Waals surface area contributed by atoms with Crippen molar-refractivity contribution in [2.75, 3.05) is 6.61 Å². The van der Waals surface area contributed by atoms with Gasteiger partial charge in [0, 0.05) is 5.92 Å². The zero-order valence-corrected chi connectivity index (χ0v) is 14.6. The molecule has 1 nitrogen and oxygen atoms in total. The van der Waals surface area contributed by atoms with Crippen LogP contribution in [0.1, 0.15) is 58.6 Å². The zero-order chi connectivity index (χ0) is 16.2. The molecular weight excluding hydrogens is 268 g/mol. The zero-order valence-electron chi connectivity index (χ0n) is 14.6. The Kier molecular flexibility index (Phi) is 5.63. The molecule has 1 saturated heterocycles. The van der Waals surface area contributed by atoms with E-state index >= 15 is 0 Å². The highest BCUT2D eigenvalue weighted by Crippen LogP contribution is 2.45. The lowest BCUT2D eigenvalue weighted by atomic mass is 9.73. The molecule has 0 spiro atoms. The van der Waals surface area contributed by atoms with E-state index in [0.29, 0.717) is 5.92 Å². The highest BCUT2D eigenvalue weighted by atomic mass is 16.5. The van der Waals surface area contributed by atoms with E-state index in [1.165, 1.54) is 16.7 Å². The average Bonchev–Trinajstić information content (AvgIpc) is 2.46. The SMILES string of the molecule is C=C(CCC=C(C)C)C1CC(C)(C)COC1c1ccccc1. The summed E-state index contributed by atoms with van der Waals surface area (Å²) >= 11 is 0. The molecule has 0 aliphatic carbocycles. The molecule has 1 heteroatoms. The van der Waals surface area contributed by atoms with Crippen LogP contribution in [0.2, 0.25) is 0 Å². The van der Waals surface area contributed by atoms with Gasteiger partial charge in [0.25, 0.3) is 0 Å². The fourth-order valence-corrected chi connectivity index (χ4v) is 3.25. The van der Waals surface area contributed by atoms with E-state index in [1.807, 2.05) is 0 Å². The van der Waals surface area contributed by atoms with Crippen molar-refractivity contribution in [3.63, 3.8) is 0 Å². The van der Waals surface area contributed by atoms with Crippen molar-refractivity contribution in [3.8, 4) is 0 Å². The maximum Gasteiger partial charge on any atom is 0.0890 e. The van der Waals surface area contributed by atoms with Gasteiger partial charge < -0.3 is 4.74 Å². The first-order valence-electron chi connectivity index (χ1n) is 8.37. The van der Waals surface area contributed by atoms with E-state index in [0.717, 1.165) is 25.9 Å². The van der Waals surface area contributed by atoms with Crippen molar-refractivity contribution in [1.29, 1.82) is 0 Å².